The maximum Gasteiger partial charge on any atom is 0.230 e. The van der Waals surface area contributed by atoms with E-state index in [1.54, 1.807) is 32.0 Å². The van der Waals surface area contributed by atoms with Crippen LogP contribution in [0.4, 0.5) is 4.39 Å². The molecule has 4 heteroatoms. The molecule has 0 spiro atoms. The van der Waals surface area contributed by atoms with Gasteiger partial charge >= 0.3 is 0 Å². The van der Waals surface area contributed by atoms with Crippen molar-refractivity contribution in [3.8, 4) is 0 Å². The summed E-state index contributed by atoms with van der Waals surface area (Å²) < 4.78 is 13.7. The van der Waals surface area contributed by atoms with Crippen LogP contribution in [0.15, 0.2) is 24.3 Å². The topological polar surface area (TPSA) is 41.1 Å². The summed E-state index contributed by atoms with van der Waals surface area (Å²) >= 11 is 0. The molecule has 0 bridgehead atoms. The number of carbonyl (C=O) groups is 1. The molecule has 0 atom stereocenters. The molecule has 1 aromatic rings. The predicted molar refractivity (Wildman–Crippen MR) is 71.0 cm³/mol. The van der Waals surface area contributed by atoms with Gasteiger partial charge in [0.05, 0.1) is 5.41 Å². The monoisotopic (exact) mass is 252 g/mol. The molecule has 0 aliphatic rings. The van der Waals surface area contributed by atoms with Crippen molar-refractivity contribution in [1.29, 1.82) is 0 Å². The molecule has 18 heavy (non-hydrogen) atoms. The second kappa shape index (κ2) is 6.50. The van der Waals surface area contributed by atoms with Crippen molar-refractivity contribution in [3.63, 3.8) is 0 Å². The summed E-state index contributed by atoms with van der Waals surface area (Å²) in [5.74, 6) is -0.489. The number of hydrogen-bond acceptors (Lipinski definition) is 2. The van der Waals surface area contributed by atoms with Crippen molar-refractivity contribution >= 4 is 5.91 Å². The largest absolute Gasteiger partial charge is 0.355 e. The first-order valence-corrected chi connectivity index (χ1v) is 6.18. The summed E-state index contributed by atoms with van der Waals surface area (Å²) in [5.41, 5.74) is -0.429. The van der Waals surface area contributed by atoms with E-state index in [2.05, 4.69) is 10.6 Å². The molecule has 0 saturated heterocycles. The summed E-state index contributed by atoms with van der Waals surface area (Å²) in [6, 6.07) is 6.40. The van der Waals surface area contributed by atoms with Gasteiger partial charge < -0.3 is 10.6 Å². The molecule has 0 aliphatic heterocycles. The molecule has 0 saturated carbocycles. The Balaban J connectivity index is 2.68. The molecular formula is C14H21FN2O. The third-order valence-electron chi connectivity index (χ3n) is 3.00. The highest BCUT2D eigenvalue weighted by Crippen LogP contribution is 2.25. The number of benzene rings is 1. The van der Waals surface area contributed by atoms with E-state index in [0.717, 1.165) is 13.0 Å². The maximum atomic E-state index is 13.7. The molecule has 0 aromatic heterocycles. The minimum absolute atomic E-state index is 0.149. The van der Waals surface area contributed by atoms with Gasteiger partial charge in [-0.25, -0.2) is 4.39 Å². The third kappa shape index (κ3) is 3.53. The minimum Gasteiger partial charge on any atom is -0.355 e. The molecule has 0 radical (unpaired) electrons. The Morgan fingerprint density at radius 1 is 1.28 bits per heavy atom. The van der Waals surface area contributed by atoms with Gasteiger partial charge in [0, 0.05) is 12.1 Å². The van der Waals surface area contributed by atoms with Crippen LogP contribution in [0.2, 0.25) is 0 Å². The lowest BCUT2D eigenvalue weighted by molar-refractivity contribution is -0.125. The summed E-state index contributed by atoms with van der Waals surface area (Å²) in [7, 11) is 1.87. The van der Waals surface area contributed by atoms with Gasteiger partial charge in [-0.3, -0.25) is 4.79 Å². The highest BCUT2D eigenvalue weighted by molar-refractivity contribution is 5.87. The van der Waals surface area contributed by atoms with E-state index in [4.69, 9.17) is 0 Å². The van der Waals surface area contributed by atoms with Crippen molar-refractivity contribution in [2.75, 3.05) is 20.1 Å². The van der Waals surface area contributed by atoms with Crippen LogP contribution in [-0.2, 0) is 10.2 Å². The minimum atomic E-state index is -0.856. The highest BCUT2D eigenvalue weighted by atomic mass is 19.1. The second-order valence-corrected chi connectivity index (χ2v) is 4.82. The number of hydrogen-bond donors (Lipinski definition) is 2. The molecule has 0 unspecified atom stereocenters. The fourth-order valence-electron chi connectivity index (χ4n) is 1.78. The zero-order valence-corrected chi connectivity index (χ0v) is 11.2. The predicted octanol–water partition coefficient (Wildman–Crippen LogP) is 1.83. The average Bonchev–Trinajstić information content (AvgIpc) is 2.34. The van der Waals surface area contributed by atoms with Crippen molar-refractivity contribution in [2.45, 2.75) is 25.7 Å². The zero-order chi connectivity index (χ0) is 13.6. The van der Waals surface area contributed by atoms with E-state index in [9.17, 15) is 9.18 Å². The van der Waals surface area contributed by atoms with Crippen molar-refractivity contribution < 1.29 is 9.18 Å². The average molecular weight is 252 g/mol. The molecule has 3 nitrogen and oxygen atoms in total. The molecule has 0 fully saturated rings. The molecule has 0 heterocycles. The summed E-state index contributed by atoms with van der Waals surface area (Å²) in [5, 5.41) is 5.85. The van der Waals surface area contributed by atoms with Crippen LogP contribution in [0.25, 0.3) is 0 Å². The fourth-order valence-corrected chi connectivity index (χ4v) is 1.78. The molecule has 0 aliphatic carbocycles. The van der Waals surface area contributed by atoms with Gasteiger partial charge in [0.25, 0.3) is 0 Å². The Hall–Kier alpha value is -1.42. The van der Waals surface area contributed by atoms with E-state index in [1.165, 1.54) is 6.07 Å². The number of carbonyl (C=O) groups excluding carboxylic acids is 1. The smallest absolute Gasteiger partial charge is 0.230 e. The zero-order valence-electron chi connectivity index (χ0n) is 11.2. The normalized spacial score (nSPS) is 11.3. The van der Waals surface area contributed by atoms with E-state index in [-0.39, 0.29) is 11.7 Å². The molecule has 1 aromatic carbocycles. The summed E-state index contributed by atoms with van der Waals surface area (Å²) in [6.45, 7) is 4.91. The lowest BCUT2D eigenvalue weighted by atomic mass is 9.83. The van der Waals surface area contributed by atoms with Crippen molar-refractivity contribution in [1.82, 2.24) is 10.6 Å². The quantitative estimate of drug-likeness (QED) is 0.758. The Morgan fingerprint density at radius 3 is 2.56 bits per heavy atom. The highest BCUT2D eigenvalue weighted by Gasteiger charge is 2.31. The lowest BCUT2D eigenvalue weighted by Gasteiger charge is -2.24. The standard InChI is InChI=1S/C14H21FN2O/c1-14(2,11-7-4-5-8-12(11)15)13(18)17-10-6-9-16-3/h4-5,7-8,16H,6,9-10H2,1-3H3,(H,17,18). The van der Waals surface area contributed by atoms with Crippen LogP contribution < -0.4 is 10.6 Å². The Morgan fingerprint density at radius 2 is 1.94 bits per heavy atom. The van der Waals surface area contributed by atoms with Gasteiger partial charge in [-0.05, 0) is 39.9 Å². The molecule has 1 amide bonds. The van der Waals surface area contributed by atoms with Gasteiger partial charge in [0.2, 0.25) is 5.91 Å². The van der Waals surface area contributed by atoms with Gasteiger partial charge in [0.15, 0.2) is 0 Å². The lowest BCUT2D eigenvalue weighted by Crippen LogP contribution is -2.41. The number of nitrogens with one attached hydrogen (secondary N) is 2. The van der Waals surface area contributed by atoms with E-state index < -0.39 is 5.41 Å². The second-order valence-electron chi connectivity index (χ2n) is 4.82. The van der Waals surface area contributed by atoms with Crippen LogP contribution in [0.3, 0.4) is 0 Å². The van der Waals surface area contributed by atoms with Crippen molar-refractivity contribution in [2.24, 2.45) is 0 Å². The first-order valence-electron chi connectivity index (χ1n) is 6.18. The first kappa shape index (κ1) is 14.6. The summed E-state index contributed by atoms with van der Waals surface area (Å²) in [6.07, 6.45) is 0.857. The Labute approximate surface area is 108 Å². The van der Waals surface area contributed by atoms with Crippen LogP contribution in [0.1, 0.15) is 25.8 Å². The molecule has 2 N–H and O–H groups in total. The van der Waals surface area contributed by atoms with Crippen LogP contribution in [0, 0.1) is 5.82 Å². The van der Waals surface area contributed by atoms with Gasteiger partial charge in [-0.1, -0.05) is 18.2 Å². The van der Waals surface area contributed by atoms with E-state index >= 15 is 0 Å². The van der Waals surface area contributed by atoms with Gasteiger partial charge in [-0.15, -0.1) is 0 Å². The Bertz CT molecular complexity index is 405. The van der Waals surface area contributed by atoms with Crippen LogP contribution in [0.5, 0.6) is 0 Å². The SMILES string of the molecule is CNCCCNC(=O)C(C)(C)c1ccccc1F. The number of rotatable bonds is 6. The van der Waals surface area contributed by atoms with Gasteiger partial charge in [-0.2, -0.15) is 0 Å². The van der Waals surface area contributed by atoms with E-state index in [1.807, 2.05) is 7.05 Å². The first-order chi connectivity index (χ1) is 8.50. The number of halogens is 1. The van der Waals surface area contributed by atoms with Crippen molar-refractivity contribution in [3.05, 3.63) is 35.6 Å². The Kier molecular flexibility index (Phi) is 5.28. The van der Waals surface area contributed by atoms with Crippen LogP contribution >= 0.6 is 0 Å². The third-order valence-corrected chi connectivity index (χ3v) is 3.00. The molecular weight excluding hydrogens is 231 g/mol. The summed E-state index contributed by atoms with van der Waals surface area (Å²) in [4.78, 5) is 12.1. The number of amides is 1. The fraction of sp³-hybridized carbons (Fsp3) is 0.500. The maximum absolute atomic E-state index is 13.7. The van der Waals surface area contributed by atoms with E-state index in [0.29, 0.717) is 12.1 Å². The van der Waals surface area contributed by atoms with Gasteiger partial charge in [0.1, 0.15) is 5.82 Å². The van der Waals surface area contributed by atoms with Crippen LogP contribution in [-0.4, -0.2) is 26.0 Å². The molecule has 100 valence electrons. The molecule has 1 rings (SSSR count).